The summed E-state index contributed by atoms with van der Waals surface area (Å²) in [4.78, 5) is 9.53. The number of halogens is 9. The van der Waals surface area contributed by atoms with Crippen LogP contribution in [0.25, 0.3) is 6.08 Å². The standard InChI is InChI=1S/C14H11ClF8O3S/c1-6-3-9(27(19,20,21,22)23)4-8-5-10(13(24)25-7(2)15)12(14(16,17)18)26-11(6)8/h3-5,7,12H,1-2H3. The smallest absolute Gasteiger partial charge is 0.430 e. The van der Waals surface area contributed by atoms with Gasteiger partial charge in [0.25, 0.3) is 0 Å². The maximum absolute atomic E-state index is 13.2. The van der Waals surface area contributed by atoms with Gasteiger partial charge in [0.05, 0.1) is 5.57 Å². The highest BCUT2D eigenvalue weighted by molar-refractivity contribution is 8.45. The number of esters is 1. The van der Waals surface area contributed by atoms with Gasteiger partial charge in [0, 0.05) is 5.56 Å². The minimum atomic E-state index is -10.1. The van der Waals surface area contributed by atoms with Crippen molar-refractivity contribution >= 4 is 33.9 Å². The molecule has 1 aliphatic heterocycles. The number of aryl methyl sites for hydroxylation is 1. The van der Waals surface area contributed by atoms with E-state index in [2.05, 4.69) is 9.47 Å². The number of rotatable bonds is 3. The van der Waals surface area contributed by atoms with Crippen LogP contribution in [0.15, 0.2) is 22.6 Å². The van der Waals surface area contributed by atoms with Gasteiger partial charge in [-0.15, -0.1) is 0 Å². The molecule has 0 spiro atoms. The molecule has 1 heterocycles. The Kier molecular flexibility index (Phi) is 4.53. The van der Waals surface area contributed by atoms with E-state index in [1.54, 1.807) is 0 Å². The zero-order valence-corrected chi connectivity index (χ0v) is 15.0. The topological polar surface area (TPSA) is 35.5 Å². The Morgan fingerprint density at radius 3 is 2.22 bits per heavy atom. The van der Waals surface area contributed by atoms with E-state index < -0.39 is 61.4 Å². The molecule has 13 heteroatoms. The molecule has 2 atom stereocenters. The van der Waals surface area contributed by atoms with Gasteiger partial charge < -0.3 is 9.47 Å². The first-order chi connectivity index (χ1) is 11.8. The molecule has 3 nitrogen and oxygen atoms in total. The first-order valence-electron chi connectivity index (χ1n) is 6.98. The van der Waals surface area contributed by atoms with Crippen LogP contribution < -0.4 is 4.74 Å². The van der Waals surface area contributed by atoms with E-state index in [9.17, 15) is 37.4 Å². The van der Waals surface area contributed by atoms with Crippen molar-refractivity contribution in [1.29, 1.82) is 0 Å². The van der Waals surface area contributed by atoms with Crippen molar-refractivity contribution in [2.75, 3.05) is 0 Å². The molecule has 1 aromatic rings. The molecule has 0 bridgehead atoms. The quantitative estimate of drug-likeness (QED) is 0.302. The first kappa shape index (κ1) is 21.6. The molecule has 154 valence electrons. The summed E-state index contributed by atoms with van der Waals surface area (Å²) in [6.45, 7) is 1.98. The van der Waals surface area contributed by atoms with E-state index in [0.717, 1.165) is 13.8 Å². The monoisotopic (exact) mass is 446 g/mol. The molecule has 27 heavy (non-hydrogen) atoms. The van der Waals surface area contributed by atoms with Gasteiger partial charge in [-0.2, -0.15) is 13.2 Å². The number of benzene rings is 1. The summed E-state index contributed by atoms with van der Waals surface area (Å²) in [6.07, 6.45) is -7.63. The molecule has 1 aliphatic rings. The molecule has 0 N–H and O–H groups in total. The van der Waals surface area contributed by atoms with Crippen molar-refractivity contribution in [2.24, 2.45) is 0 Å². The van der Waals surface area contributed by atoms with Gasteiger partial charge in [0.2, 0.25) is 6.10 Å². The molecule has 2 rings (SSSR count). The maximum Gasteiger partial charge on any atom is 0.430 e. The Morgan fingerprint density at radius 1 is 1.22 bits per heavy atom. The Morgan fingerprint density at radius 2 is 1.78 bits per heavy atom. The first-order valence-corrected chi connectivity index (χ1v) is 9.37. The van der Waals surface area contributed by atoms with E-state index in [0.29, 0.717) is 6.08 Å². The normalized spacial score (nSPS) is 21.1. The number of hydrogen-bond donors (Lipinski definition) is 0. The molecule has 2 unspecified atom stereocenters. The van der Waals surface area contributed by atoms with Crippen molar-refractivity contribution in [3.8, 4) is 5.75 Å². The molecule has 0 fully saturated rings. The summed E-state index contributed by atoms with van der Waals surface area (Å²) < 4.78 is 114. The number of fused-ring (bicyclic) bond motifs is 1. The molecular weight excluding hydrogens is 436 g/mol. The third-order valence-electron chi connectivity index (χ3n) is 3.35. The average molecular weight is 447 g/mol. The lowest BCUT2D eigenvalue weighted by molar-refractivity contribution is -0.188. The lowest BCUT2D eigenvalue weighted by Gasteiger charge is -2.41. The summed E-state index contributed by atoms with van der Waals surface area (Å²) in [5, 5.41) is 0. The largest absolute Gasteiger partial charge is 0.475 e. The Bertz CT molecular complexity index is 830. The van der Waals surface area contributed by atoms with Crippen molar-refractivity contribution in [3.05, 3.63) is 28.8 Å². The highest BCUT2D eigenvalue weighted by Gasteiger charge is 2.65. The number of hydrogen-bond acceptors (Lipinski definition) is 3. The van der Waals surface area contributed by atoms with E-state index in [4.69, 9.17) is 11.6 Å². The van der Waals surface area contributed by atoms with Gasteiger partial charge >= 0.3 is 22.4 Å². The van der Waals surface area contributed by atoms with Gasteiger partial charge in [0.15, 0.2) is 5.56 Å². The molecule has 1 aromatic carbocycles. The molecular formula is C14H11ClF8O3S. The average Bonchev–Trinajstić information content (AvgIpc) is 2.41. The number of carbonyl (C=O) groups is 1. The molecule has 0 aliphatic carbocycles. The van der Waals surface area contributed by atoms with Crippen molar-refractivity contribution in [1.82, 2.24) is 0 Å². The molecule has 0 radical (unpaired) electrons. The summed E-state index contributed by atoms with van der Waals surface area (Å²) in [6, 6.07) is -0.0836. The minimum absolute atomic E-state index is 0.00812. The summed E-state index contributed by atoms with van der Waals surface area (Å²) in [7, 11) is -10.1. The zero-order chi connectivity index (χ0) is 21.1. The van der Waals surface area contributed by atoms with Crippen LogP contribution in [0.1, 0.15) is 18.1 Å². The van der Waals surface area contributed by atoms with Gasteiger partial charge in [-0.25, -0.2) is 4.79 Å². The van der Waals surface area contributed by atoms with E-state index in [-0.39, 0.29) is 12.1 Å². The maximum atomic E-state index is 13.2. The predicted molar refractivity (Wildman–Crippen MR) is 82.4 cm³/mol. The third-order valence-corrected chi connectivity index (χ3v) is 4.57. The highest BCUT2D eigenvalue weighted by Crippen LogP contribution is 3.02. The molecule has 0 saturated carbocycles. The summed E-state index contributed by atoms with van der Waals surface area (Å²) in [5.74, 6) is -2.32. The Balaban J connectivity index is 2.70. The predicted octanol–water partition coefficient (Wildman–Crippen LogP) is 6.49. The third kappa shape index (κ3) is 4.78. The zero-order valence-electron chi connectivity index (χ0n) is 13.4. The van der Waals surface area contributed by atoms with Crippen LogP contribution in [0.4, 0.5) is 32.6 Å². The van der Waals surface area contributed by atoms with Crippen molar-refractivity contribution < 1.29 is 46.9 Å². The van der Waals surface area contributed by atoms with Gasteiger partial charge in [-0.05, 0) is 37.6 Å². The van der Waals surface area contributed by atoms with Gasteiger partial charge in [-0.1, -0.05) is 31.0 Å². The summed E-state index contributed by atoms with van der Waals surface area (Å²) in [5.41, 5.74) is -3.96. The van der Waals surface area contributed by atoms with Crippen LogP contribution in [-0.2, 0) is 9.53 Å². The van der Waals surface area contributed by atoms with Crippen LogP contribution >= 0.6 is 21.8 Å². The lowest BCUT2D eigenvalue weighted by atomic mass is 9.99. The number of ether oxygens (including phenoxy) is 2. The fraction of sp³-hybridized carbons (Fsp3) is 0.357. The fourth-order valence-electron chi connectivity index (χ4n) is 2.31. The highest BCUT2D eigenvalue weighted by atomic mass is 35.5. The minimum Gasteiger partial charge on any atom is -0.475 e. The SMILES string of the molecule is Cc1cc(S(F)(F)(F)(F)F)cc2c1OC(C(F)(F)F)C(C(=O)OC(C)Cl)=C2. The van der Waals surface area contributed by atoms with Gasteiger partial charge in [-0.3, -0.25) is 0 Å². The Labute approximate surface area is 152 Å². The van der Waals surface area contributed by atoms with Crippen LogP contribution in [-0.4, -0.2) is 23.8 Å². The second-order valence-corrected chi connectivity index (χ2v) is 8.74. The molecule has 0 saturated heterocycles. The fourth-order valence-corrected chi connectivity index (χ4v) is 3.14. The van der Waals surface area contributed by atoms with Crippen LogP contribution in [0.2, 0.25) is 0 Å². The number of alkyl halides is 4. The lowest BCUT2D eigenvalue weighted by Crippen LogP contribution is -2.41. The van der Waals surface area contributed by atoms with Crippen LogP contribution in [0, 0.1) is 6.92 Å². The Hall–Kier alpha value is -1.69. The van der Waals surface area contributed by atoms with Crippen molar-refractivity contribution in [2.45, 2.75) is 36.6 Å². The van der Waals surface area contributed by atoms with E-state index >= 15 is 0 Å². The van der Waals surface area contributed by atoms with Crippen LogP contribution in [0.3, 0.4) is 0 Å². The van der Waals surface area contributed by atoms with Crippen LogP contribution in [0.5, 0.6) is 5.75 Å². The second kappa shape index (κ2) is 5.66. The molecule has 0 amide bonds. The second-order valence-electron chi connectivity index (χ2n) is 5.71. The summed E-state index contributed by atoms with van der Waals surface area (Å²) >= 11 is 5.37. The van der Waals surface area contributed by atoms with Crippen molar-refractivity contribution in [3.63, 3.8) is 0 Å². The van der Waals surface area contributed by atoms with Gasteiger partial charge in [0.1, 0.15) is 10.6 Å². The molecule has 0 aromatic heterocycles. The van der Waals surface area contributed by atoms with E-state index in [1.165, 1.54) is 0 Å². The number of carbonyl (C=O) groups excluding carboxylic acids is 1. The van der Waals surface area contributed by atoms with E-state index in [1.807, 2.05) is 0 Å².